The van der Waals surface area contributed by atoms with Gasteiger partial charge in [0.05, 0.1) is 0 Å². The highest BCUT2D eigenvalue weighted by Gasteiger charge is 2.05. The Hall–Kier alpha value is -0.340. The van der Waals surface area contributed by atoms with E-state index < -0.39 is 0 Å². The number of allylic oxidation sites excluding steroid dienone is 1. The SMILES string of the molecule is C=CCCCCCC(CCCCCCCCCCC)NN. The van der Waals surface area contributed by atoms with Crippen LogP contribution in [0.2, 0.25) is 0 Å². The van der Waals surface area contributed by atoms with Gasteiger partial charge in [0.25, 0.3) is 0 Å². The van der Waals surface area contributed by atoms with Gasteiger partial charge in [-0.25, -0.2) is 0 Å². The highest BCUT2D eigenvalue weighted by Crippen LogP contribution is 2.14. The molecule has 0 saturated heterocycles. The minimum atomic E-state index is 0.526. The average Bonchev–Trinajstić information content (AvgIpc) is 2.51. The van der Waals surface area contributed by atoms with E-state index in [-0.39, 0.29) is 0 Å². The zero-order chi connectivity index (χ0) is 15.6. The summed E-state index contributed by atoms with van der Waals surface area (Å²) in [4.78, 5) is 0. The molecule has 0 aliphatic rings. The van der Waals surface area contributed by atoms with Gasteiger partial charge in [-0.1, -0.05) is 83.6 Å². The molecule has 0 saturated carbocycles. The Bertz CT molecular complexity index is 204. The summed E-state index contributed by atoms with van der Waals surface area (Å²) in [5.74, 6) is 5.66. The van der Waals surface area contributed by atoms with E-state index in [4.69, 9.17) is 5.84 Å². The van der Waals surface area contributed by atoms with Gasteiger partial charge >= 0.3 is 0 Å². The van der Waals surface area contributed by atoms with Crippen molar-refractivity contribution in [3.05, 3.63) is 12.7 Å². The molecule has 126 valence electrons. The summed E-state index contributed by atoms with van der Waals surface area (Å²) in [5, 5.41) is 0. The molecule has 1 unspecified atom stereocenters. The van der Waals surface area contributed by atoms with Crippen molar-refractivity contribution in [2.75, 3.05) is 0 Å². The largest absolute Gasteiger partial charge is 0.271 e. The fourth-order valence-corrected chi connectivity index (χ4v) is 2.87. The fraction of sp³-hybridized carbons (Fsp3) is 0.895. The van der Waals surface area contributed by atoms with Crippen LogP contribution < -0.4 is 11.3 Å². The molecule has 21 heavy (non-hydrogen) atoms. The highest BCUT2D eigenvalue weighted by molar-refractivity contribution is 4.67. The summed E-state index contributed by atoms with van der Waals surface area (Å²) < 4.78 is 0. The van der Waals surface area contributed by atoms with Crippen molar-refractivity contribution >= 4 is 0 Å². The fourth-order valence-electron chi connectivity index (χ4n) is 2.87. The molecule has 0 aliphatic heterocycles. The van der Waals surface area contributed by atoms with E-state index in [2.05, 4.69) is 18.9 Å². The molecule has 2 heteroatoms. The zero-order valence-electron chi connectivity index (χ0n) is 14.5. The predicted molar refractivity (Wildman–Crippen MR) is 96.2 cm³/mol. The van der Waals surface area contributed by atoms with Crippen molar-refractivity contribution in [2.45, 2.75) is 109 Å². The summed E-state index contributed by atoms with van der Waals surface area (Å²) in [6.45, 7) is 6.04. The number of rotatable bonds is 17. The van der Waals surface area contributed by atoms with Crippen molar-refractivity contribution in [2.24, 2.45) is 5.84 Å². The molecule has 1 atom stereocenters. The van der Waals surface area contributed by atoms with Crippen LogP contribution in [0, 0.1) is 0 Å². The third-order valence-electron chi connectivity index (χ3n) is 4.35. The topological polar surface area (TPSA) is 38.0 Å². The molecule has 0 aliphatic carbocycles. The molecule has 0 rings (SSSR count). The van der Waals surface area contributed by atoms with E-state index in [0.29, 0.717) is 6.04 Å². The first kappa shape index (κ1) is 20.7. The lowest BCUT2D eigenvalue weighted by Gasteiger charge is -2.15. The van der Waals surface area contributed by atoms with E-state index in [0.717, 1.165) is 6.42 Å². The van der Waals surface area contributed by atoms with Gasteiger partial charge in [0.15, 0.2) is 0 Å². The molecular formula is C19H40N2. The van der Waals surface area contributed by atoms with Gasteiger partial charge in [0, 0.05) is 6.04 Å². The maximum Gasteiger partial charge on any atom is 0.0210 e. The van der Waals surface area contributed by atoms with E-state index in [9.17, 15) is 0 Å². The third kappa shape index (κ3) is 15.9. The van der Waals surface area contributed by atoms with Crippen molar-refractivity contribution in [1.82, 2.24) is 5.43 Å². The van der Waals surface area contributed by atoms with Gasteiger partial charge in [-0.2, -0.15) is 0 Å². The van der Waals surface area contributed by atoms with Gasteiger partial charge in [0.1, 0.15) is 0 Å². The lowest BCUT2D eigenvalue weighted by molar-refractivity contribution is 0.421. The van der Waals surface area contributed by atoms with Crippen molar-refractivity contribution < 1.29 is 0 Å². The molecule has 2 nitrogen and oxygen atoms in total. The Balaban J connectivity index is 3.28. The van der Waals surface area contributed by atoms with Crippen LogP contribution in [-0.2, 0) is 0 Å². The van der Waals surface area contributed by atoms with Gasteiger partial charge in [-0.15, -0.1) is 6.58 Å². The normalized spacial score (nSPS) is 12.5. The molecule has 3 N–H and O–H groups in total. The smallest absolute Gasteiger partial charge is 0.0210 e. The number of nitrogens with two attached hydrogens (primary N) is 1. The summed E-state index contributed by atoms with van der Waals surface area (Å²) in [7, 11) is 0. The Labute approximate surface area is 133 Å². The van der Waals surface area contributed by atoms with Gasteiger partial charge in [-0.3, -0.25) is 11.3 Å². The van der Waals surface area contributed by atoms with Crippen LogP contribution in [0.3, 0.4) is 0 Å². The van der Waals surface area contributed by atoms with Crippen molar-refractivity contribution in [3.8, 4) is 0 Å². The van der Waals surface area contributed by atoms with Gasteiger partial charge in [-0.05, 0) is 25.7 Å². The van der Waals surface area contributed by atoms with E-state index in [1.807, 2.05) is 6.08 Å². The summed E-state index contributed by atoms with van der Waals surface area (Å²) in [6.07, 6.45) is 22.1. The average molecular weight is 297 g/mol. The second-order valence-electron chi connectivity index (χ2n) is 6.41. The molecule has 0 aromatic heterocycles. The number of unbranched alkanes of at least 4 members (excludes halogenated alkanes) is 11. The summed E-state index contributed by atoms with van der Waals surface area (Å²) in [6, 6.07) is 0.526. The van der Waals surface area contributed by atoms with Crippen LogP contribution >= 0.6 is 0 Å². The summed E-state index contributed by atoms with van der Waals surface area (Å²) in [5.41, 5.74) is 3.00. The van der Waals surface area contributed by atoms with Crippen LogP contribution in [0.4, 0.5) is 0 Å². The second kappa shape index (κ2) is 17.7. The molecular weight excluding hydrogens is 256 g/mol. The van der Waals surface area contributed by atoms with Crippen LogP contribution in [0.15, 0.2) is 12.7 Å². The lowest BCUT2D eigenvalue weighted by Crippen LogP contribution is -2.34. The highest BCUT2D eigenvalue weighted by atomic mass is 15.2. The first-order valence-corrected chi connectivity index (χ1v) is 9.42. The molecule has 0 bridgehead atoms. The Morgan fingerprint density at radius 2 is 1.29 bits per heavy atom. The van der Waals surface area contributed by atoms with Crippen LogP contribution in [0.5, 0.6) is 0 Å². The monoisotopic (exact) mass is 296 g/mol. The molecule has 0 aromatic rings. The van der Waals surface area contributed by atoms with Crippen molar-refractivity contribution in [3.63, 3.8) is 0 Å². The van der Waals surface area contributed by atoms with E-state index >= 15 is 0 Å². The molecule has 0 heterocycles. The Kier molecular flexibility index (Phi) is 17.4. The Morgan fingerprint density at radius 1 is 0.810 bits per heavy atom. The lowest BCUT2D eigenvalue weighted by atomic mass is 10.0. The van der Waals surface area contributed by atoms with Crippen LogP contribution in [-0.4, -0.2) is 6.04 Å². The molecule has 0 amide bonds. The summed E-state index contributed by atoms with van der Waals surface area (Å²) >= 11 is 0. The Morgan fingerprint density at radius 3 is 1.76 bits per heavy atom. The van der Waals surface area contributed by atoms with E-state index in [1.165, 1.54) is 89.9 Å². The van der Waals surface area contributed by atoms with Crippen molar-refractivity contribution in [1.29, 1.82) is 0 Å². The minimum Gasteiger partial charge on any atom is -0.271 e. The van der Waals surface area contributed by atoms with Crippen LogP contribution in [0.1, 0.15) is 103 Å². The molecule has 0 spiro atoms. The maximum absolute atomic E-state index is 5.66. The van der Waals surface area contributed by atoms with Gasteiger partial charge in [0.2, 0.25) is 0 Å². The number of hydrogen-bond donors (Lipinski definition) is 2. The predicted octanol–water partition coefficient (Wildman–Crippen LogP) is 5.88. The first-order chi connectivity index (χ1) is 10.3. The number of nitrogens with one attached hydrogen (secondary N) is 1. The van der Waals surface area contributed by atoms with E-state index in [1.54, 1.807) is 0 Å². The minimum absolute atomic E-state index is 0.526. The quantitative estimate of drug-likeness (QED) is 0.152. The van der Waals surface area contributed by atoms with Gasteiger partial charge < -0.3 is 0 Å². The first-order valence-electron chi connectivity index (χ1n) is 9.42. The molecule has 0 radical (unpaired) electrons. The van der Waals surface area contributed by atoms with Crippen LogP contribution in [0.25, 0.3) is 0 Å². The third-order valence-corrected chi connectivity index (χ3v) is 4.35. The molecule has 0 fully saturated rings. The number of hydrogen-bond acceptors (Lipinski definition) is 2. The standard InChI is InChI=1S/C19H40N2/c1-3-5-7-9-10-11-12-14-16-18-19(21-20)17-15-13-8-6-4-2/h4,19,21H,2-3,5-18,20H2,1H3. The second-order valence-corrected chi connectivity index (χ2v) is 6.41. The zero-order valence-corrected chi connectivity index (χ0v) is 14.5. The number of hydrazine groups is 1. The maximum atomic E-state index is 5.66. The molecule has 0 aromatic carbocycles.